The van der Waals surface area contributed by atoms with Gasteiger partial charge in [0.15, 0.2) is 5.82 Å². The molecule has 26 heavy (non-hydrogen) atoms. The summed E-state index contributed by atoms with van der Waals surface area (Å²) >= 11 is 3.08. The molecule has 1 N–H and O–H groups in total. The molecular formula is C19H11FN4S2. The van der Waals surface area contributed by atoms with Gasteiger partial charge in [0.05, 0.1) is 26.1 Å². The predicted octanol–water partition coefficient (Wildman–Crippen LogP) is 5.85. The van der Waals surface area contributed by atoms with Gasteiger partial charge in [0.1, 0.15) is 17.2 Å². The number of halogens is 1. The summed E-state index contributed by atoms with van der Waals surface area (Å²) < 4.78 is 16.7. The second kappa shape index (κ2) is 6.12. The number of anilines is 2. The monoisotopic (exact) mass is 378 g/mol. The van der Waals surface area contributed by atoms with Crippen LogP contribution >= 0.6 is 22.7 Å². The quantitative estimate of drug-likeness (QED) is 0.428. The molecule has 3 heterocycles. The van der Waals surface area contributed by atoms with Crippen LogP contribution in [-0.2, 0) is 0 Å². The number of hydrogen-bond acceptors (Lipinski definition) is 6. The number of para-hydroxylation sites is 1. The molecule has 0 atom stereocenters. The van der Waals surface area contributed by atoms with Crippen molar-refractivity contribution in [1.82, 2.24) is 15.0 Å². The van der Waals surface area contributed by atoms with E-state index >= 15 is 0 Å². The van der Waals surface area contributed by atoms with Gasteiger partial charge >= 0.3 is 0 Å². The molecular weight excluding hydrogens is 367 g/mol. The van der Waals surface area contributed by atoms with Crippen LogP contribution in [0.15, 0.2) is 60.2 Å². The fraction of sp³-hybridized carbons (Fsp3) is 0. The molecule has 0 aliphatic carbocycles. The molecule has 0 unspecified atom stereocenters. The molecule has 0 spiro atoms. The molecule has 0 aliphatic rings. The van der Waals surface area contributed by atoms with Crippen LogP contribution in [0.3, 0.4) is 0 Å². The van der Waals surface area contributed by atoms with Crippen LogP contribution in [0.25, 0.3) is 31.0 Å². The topological polar surface area (TPSA) is 50.7 Å². The largest absolute Gasteiger partial charge is 0.337 e. The number of fused-ring (bicyclic) bond motifs is 2. The van der Waals surface area contributed by atoms with E-state index in [9.17, 15) is 4.39 Å². The van der Waals surface area contributed by atoms with Crippen molar-refractivity contribution >= 4 is 54.6 Å². The van der Waals surface area contributed by atoms with Crippen LogP contribution in [0, 0.1) is 5.82 Å². The van der Waals surface area contributed by atoms with Crippen molar-refractivity contribution < 1.29 is 4.39 Å². The van der Waals surface area contributed by atoms with Gasteiger partial charge in [-0.05, 0) is 41.8 Å². The highest BCUT2D eigenvalue weighted by Crippen LogP contribution is 2.33. The van der Waals surface area contributed by atoms with Crippen LogP contribution in [0.4, 0.5) is 15.9 Å². The Labute approximate surface area is 156 Å². The lowest BCUT2D eigenvalue weighted by atomic mass is 10.2. The van der Waals surface area contributed by atoms with Crippen LogP contribution < -0.4 is 5.32 Å². The third-order valence-corrected chi connectivity index (χ3v) is 6.00. The Morgan fingerprint density at radius 2 is 1.88 bits per heavy atom. The van der Waals surface area contributed by atoms with E-state index in [0.717, 1.165) is 31.0 Å². The second-order valence-corrected chi connectivity index (χ2v) is 7.61. The van der Waals surface area contributed by atoms with Crippen molar-refractivity contribution in [2.24, 2.45) is 0 Å². The van der Waals surface area contributed by atoms with Gasteiger partial charge in [0, 0.05) is 5.56 Å². The summed E-state index contributed by atoms with van der Waals surface area (Å²) in [7, 11) is 0. The van der Waals surface area contributed by atoms with Crippen molar-refractivity contribution in [3.63, 3.8) is 0 Å². The van der Waals surface area contributed by atoms with Crippen molar-refractivity contribution in [3.05, 3.63) is 66.1 Å². The van der Waals surface area contributed by atoms with Gasteiger partial charge in [-0.15, -0.1) is 22.7 Å². The first-order chi connectivity index (χ1) is 12.8. The molecule has 0 aliphatic heterocycles. The number of aromatic nitrogens is 3. The zero-order chi connectivity index (χ0) is 17.5. The maximum absolute atomic E-state index is 14.7. The highest BCUT2D eigenvalue weighted by Gasteiger charge is 2.12. The summed E-state index contributed by atoms with van der Waals surface area (Å²) in [6, 6.07) is 14.9. The molecule has 0 fully saturated rings. The van der Waals surface area contributed by atoms with Crippen molar-refractivity contribution in [1.29, 1.82) is 0 Å². The molecule has 0 saturated carbocycles. The maximum atomic E-state index is 14.7. The fourth-order valence-electron chi connectivity index (χ4n) is 2.75. The van der Waals surface area contributed by atoms with Crippen LogP contribution in [0.2, 0.25) is 0 Å². The van der Waals surface area contributed by atoms with E-state index in [1.54, 1.807) is 17.4 Å². The summed E-state index contributed by atoms with van der Waals surface area (Å²) in [6.45, 7) is 0. The van der Waals surface area contributed by atoms with E-state index in [0.29, 0.717) is 11.5 Å². The molecule has 3 aromatic heterocycles. The van der Waals surface area contributed by atoms with Gasteiger partial charge in [-0.25, -0.2) is 19.3 Å². The maximum Gasteiger partial charge on any atom is 0.151 e. The molecule has 4 nitrogen and oxygen atoms in total. The zero-order valence-electron chi connectivity index (χ0n) is 13.3. The van der Waals surface area contributed by atoms with Crippen LogP contribution in [-0.4, -0.2) is 15.0 Å². The average Bonchev–Trinajstić information content (AvgIpc) is 3.30. The van der Waals surface area contributed by atoms with Gasteiger partial charge in [-0.2, -0.15) is 0 Å². The number of nitrogens with one attached hydrogen (secondary N) is 1. The molecule has 7 heteroatoms. The minimum absolute atomic E-state index is 0.343. The Hall–Kier alpha value is -2.90. The minimum Gasteiger partial charge on any atom is -0.337 e. The molecule has 0 radical (unpaired) electrons. The number of thiazole rings is 1. The number of benzene rings is 2. The molecule has 126 valence electrons. The normalized spacial score (nSPS) is 11.3. The highest BCUT2D eigenvalue weighted by atomic mass is 32.1. The molecule has 0 bridgehead atoms. The van der Waals surface area contributed by atoms with Gasteiger partial charge < -0.3 is 5.32 Å². The van der Waals surface area contributed by atoms with Gasteiger partial charge in [0.2, 0.25) is 0 Å². The van der Waals surface area contributed by atoms with Crippen LogP contribution in [0.1, 0.15) is 0 Å². The number of hydrogen-bond donors (Lipinski definition) is 1. The lowest BCUT2D eigenvalue weighted by Gasteiger charge is -2.08. The first-order valence-electron chi connectivity index (χ1n) is 7.89. The Bertz CT molecular complexity index is 1210. The summed E-state index contributed by atoms with van der Waals surface area (Å²) in [5.41, 5.74) is 2.91. The van der Waals surface area contributed by atoms with Gasteiger partial charge in [-0.3, -0.25) is 0 Å². The highest BCUT2D eigenvalue weighted by molar-refractivity contribution is 7.21. The Kier molecular flexibility index (Phi) is 3.62. The third-order valence-electron chi connectivity index (χ3n) is 4.01. The van der Waals surface area contributed by atoms with E-state index < -0.39 is 0 Å². The first kappa shape index (κ1) is 15.4. The summed E-state index contributed by atoms with van der Waals surface area (Å²) in [6.07, 6.45) is 1.48. The minimum atomic E-state index is -0.343. The SMILES string of the molecule is Fc1cc(-c2nc3ccccc3s2)ccc1Nc1ncnc2ccsc12. The Morgan fingerprint density at radius 3 is 2.77 bits per heavy atom. The summed E-state index contributed by atoms with van der Waals surface area (Å²) in [4.78, 5) is 13.0. The lowest BCUT2D eigenvalue weighted by Crippen LogP contribution is -1.97. The Morgan fingerprint density at radius 1 is 0.962 bits per heavy atom. The molecule has 5 rings (SSSR count). The number of nitrogens with zero attached hydrogens (tertiary/aromatic N) is 3. The lowest BCUT2D eigenvalue weighted by molar-refractivity contribution is 0.632. The molecule has 0 saturated heterocycles. The fourth-order valence-corrected chi connectivity index (χ4v) is 4.50. The van der Waals surface area contributed by atoms with E-state index in [4.69, 9.17) is 0 Å². The summed E-state index contributed by atoms with van der Waals surface area (Å²) in [5.74, 6) is 0.265. The third kappa shape index (κ3) is 2.61. The van der Waals surface area contributed by atoms with Gasteiger partial charge in [0.25, 0.3) is 0 Å². The smallest absolute Gasteiger partial charge is 0.151 e. The van der Waals surface area contributed by atoms with Crippen molar-refractivity contribution in [2.45, 2.75) is 0 Å². The number of rotatable bonds is 3. The van der Waals surface area contributed by atoms with E-state index in [-0.39, 0.29) is 5.82 Å². The molecule has 5 aromatic rings. The van der Waals surface area contributed by atoms with E-state index in [1.807, 2.05) is 41.8 Å². The van der Waals surface area contributed by atoms with Gasteiger partial charge in [-0.1, -0.05) is 12.1 Å². The second-order valence-electron chi connectivity index (χ2n) is 5.66. The van der Waals surface area contributed by atoms with E-state index in [1.165, 1.54) is 23.7 Å². The standard InChI is InChI=1S/C19H11FN4S2/c20-12-9-11(19-24-14-3-1-2-4-16(14)26-19)5-6-13(12)23-18-17-15(7-8-25-17)21-10-22-18/h1-10H,(H,21,22,23). The summed E-state index contributed by atoms with van der Waals surface area (Å²) in [5, 5.41) is 5.82. The van der Waals surface area contributed by atoms with E-state index in [2.05, 4.69) is 20.3 Å². The Balaban J connectivity index is 1.51. The molecule has 0 amide bonds. The van der Waals surface area contributed by atoms with Crippen LogP contribution in [0.5, 0.6) is 0 Å². The zero-order valence-corrected chi connectivity index (χ0v) is 14.9. The van der Waals surface area contributed by atoms with Crippen molar-refractivity contribution in [3.8, 4) is 10.6 Å². The predicted molar refractivity (Wildman–Crippen MR) is 106 cm³/mol. The van der Waals surface area contributed by atoms with Crippen molar-refractivity contribution in [2.75, 3.05) is 5.32 Å². The number of thiophene rings is 1. The average molecular weight is 378 g/mol. The first-order valence-corrected chi connectivity index (χ1v) is 9.58. The molecule has 2 aromatic carbocycles.